The molecule has 0 radical (unpaired) electrons. The van der Waals surface area contributed by atoms with Crippen LogP contribution < -0.4 is 5.32 Å². The maximum absolute atomic E-state index is 12.5. The molecule has 2 rings (SSSR count). The Labute approximate surface area is 157 Å². The van der Waals surface area contributed by atoms with E-state index < -0.39 is 0 Å². The topological polar surface area (TPSA) is 52.7 Å². The second-order valence-corrected chi connectivity index (χ2v) is 9.10. The molecule has 0 unspecified atom stereocenters. The lowest BCUT2D eigenvalue weighted by Crippen LogP contribution is -2.53. The van der Waals surface area contributed by atoms with Crippen LogP contribution in [0.3, 0.4) is 0 Å². The van der Waals surface area contributed by atoms with Gasteiger partial charge in [0.15, 0.2) is 0 Å². The number of benzene rings is 1. The number of carbonyl (C=O) groups excluding carboxylic acids is 2. The van der Waals surface area contributed by atoms with Crippen LogP contribution in [-0.4, -0.2) is 59.9 Å². The lowest BCUT2D eigenvalue weighted by molar-refractivity contribution is -0.124. The Bertz CT molecular complexity index is 612. The van der Waals surface area contributed by atoms with E-state index in [0.717, 1.165) is 25.1 Å². The van der Waals surface area contributed by atoms with E-state index in [-0.39, 0.29) is 22.8 Å². The number of hydrogen-bond acceptors (Lipinski definition) is 3. The lowest BCUT2D eigenvalue weighted by atomic mass is 9.82. The summed E-state index contributed by atoms with van der Waals surface area (Å²) in [4.78, 5) is 28.9. The summed E-state index contributed by atoms with van der Waals surface area (Å²) in [6, 6.07) is 9.37. The summed E-state index contributed by atoms with van der Waals surface area (Å²) in [5.41, 5.74) is 0.670. The Kier molecular flexibility index (Phi) is 6.45. The molecule has 0 atom stereocenters. The molecule has 0 saturated carbocycles. The smallest absolute Gasteiger partial charge is 0.253 e. The third-order valence-electron chi connectivity index (χ3n) is 4.50. The van der Waals surface area contributed by atoms with Gasteiger partial charge in [0.2, 0.25) is 5.91 Å². The predicted molar refractivity (Wildman–Crippen MR) is 105 cm³/mol. The van der Waals surface area contributed by atoms with E-state index in [0.29, 0.717) is 19.6 Å². The summed E-state index contributed by atoms with van der Waals surface area (Å²) >= 11 is 0. The standard InChI is InChI=1S/C21H33N3O2/c1-20(2,3)16-21(4,5)22-18(25)15-23-11-13-24(14-12-23)19(26)17-9-7-6-8-10-17/h6-10H,11-16H2,1-5H3,(H,22,25). The molecule has 2 amide bonds. The molecule has 0 aromatic heterocycles. The number of nitrogens with zero attached hydrogens (tertiary/aromatic N) is 2. The molecule has 1 aliphatic heterocycles. The SMILES string of the molecule is CC(C)(C)CC(C)(C)NC(=O)CN1CCN(C(=O)c2ccccc2)CC1. The maximum atomic E-state index is 12.5. The fourth-order valence-corrected chi connectivity index (χ4v) is 3.86. The number of nitrogens with one attached hydrogen (secondary N) is 1. The van der Waals surface area contributed by atoms with E-state index in [4.69, 9.17) is 0 Å². The maximum Gasteiger partial charge on any atom is 0.253 e. The van der Waals surface area contributed by atoms with Crippen LogP contribution in [0.4, 0.5) is 0 Å². The Morgan fingerprint density at radius 3 is 2.08 bits per heavy atom. The van der Waals surface area contributed by atoms with Crippen LogP contribution in [0.25, 0.3) is 0 Å². The van der Waals surface area contributed by atoms with Gasteiger partial charge in [-0.3, -0.25) is 14.5 Å². The molecular weight excluding hydrogens is 326 g/mol. The molecule has 5 nitrogen and oxygen atoms in total. The first-order chi connectivity index (χ1) is 12.1. The Hall–Kier alpha value is -1.88. The average molecular weight is 360 g/mol. The zero-order valence-corrected chi connectivity index (χ0v) is 16.8. The van der Waals surface area contributed by atoms with Crippen LogP contribution in [0, 0.1) is 5.41 Å². The highest BCUT2D eigenvalue weighted by Crippen LogP contribution is 2.26. The molecule has 1 aliphatic rings. The quantitative estimate of drug-likeness (QED) is 0.879. The van der Waals surface area contributed by atoms with Gasteiger partial charge in [-0.05, 0) is 37.8 Å². The summed E-state index contributed by atoms with van der Waals surface area (Å²) in [5, 5.41) is 3.16. The Balaban J connectivity index is 1.79. The first-order valence-corrected chi connectivity index (χ1v) is 9.43. The zero-order valence-electron chi connectivity index (χ0n) is 16.8. The molecule has 0 bridgehead atoms. The second-order valence-electron chi connectivity index (χ2n) is 9.10. The molecule has 26 heavy (non-hydrogen) atoms. The molecule has 0 aliphatic carbocycles. The largest absolute Gasteiger partial charge is 0.350 e. The summed E-state index contributed by atoms with van der Waals surface area (Å²) in [6.45, 7) is 13.9. The Morgan fingerprint density at radius 1 is 0.962 bits per heavy atom. The van der Waals surface area contributed by atoms with Crippen LogP contribution in [-0.2, 0) is 4.79 Å². The van der Waals surface area contributed by atoms with Crippen molar-refractivity contribution in [1.29, 1.82) is 0 Å². The molecule has 1 heterocycles. The first kappa shape index (κ1) is 20.4. The van der Waals surface area contributed by atoms with E-state index in [1.54, 1.807) is 0 Å². The highest BCUT2D eigenvalue weighted by Gasteiger charge is 2.28. The predicted octanol–water partition coefficient (Wildman–Crippen LogP) is 2.78. The van der Waals surface area contributed by atoms with Crippen molar-refractivity contribution in [3.63, 3.8) is 0 Å². The van der Waals surface area contributed by atoms with Crippen molar-refractivity contribution in [2.45, 2.75) is 46.6 Å². The fourth-order valence-electron chi connectivity index (χ4n) is 3.86. The van der Waals surface area contributed by atoms with Gasteiger partial charge in [-0.25, -0.2) is 0 Å². The van der Waals surface area contributed by atoms with Crippen molar-refractivity contribution < 1.29 is 9.59 Å². The van der Waals surface area contributed by atoms with Crippen molar-refractivity contribution in [3.8, 4) is 0 Å². The summed E-state index contributed by atoms with van der Waals surface area (Å²) in [5.74, 6) is 0.128. The van der Waals surface area contributed by atoms with Crippen LogP contribution in [0.15, 0.2) is 30.3 Å². The van der Waals surface area contributed by atoms with Gasteiger partial charge in [0.25, 0.3) is 5.91 Å². The third kappa shape index (κ3) is 6.45. The third-order valence-corrected chi connectivity index (χ3v) is 4.50. The molecule has 144 valence electrons. The number of hydrogen-bond donors (Lipinski definition) is 1. The number of carbonyl (C=O) groups is 2. The van der Waals surface area contributed by atoms with Crippen molar-refractivity contribution in [3.05, 3.63) is 35.9 Å². The van der Waals surface area contributed by atoms with Crippen LogP contribution in [0.5, 0.6) is 0 Å². The highest BCUT2D eigenvalue weighted by molar-refractivity contribution is 5.94. The van der Waals surface area contributed by atoms with Crippen LogP contribution >= 0.6 is 0 Å². The number of amides is 2. The van der Waals surface area contributed by atoms with E-state index in [1.165, 1.54) is 0 Å². The van der Waals surface area contributed by atoms with Crippen molar-refractivity contribution >= 4 is 11.8 Å². The van der Waals surface area contributed by atoms with Gasteiger partial charge < -0.3 is 10.2 Å². The molecule has 1 N–H and O–H groups in total. The van der Waals surface area contributed by atoms with E-state index >= 15 is 0 Å². The fraction of sp³-hybridized carbons (Fsp3) is 0.619. The molecule has 1 aromatic carbocycles. The van der Waals surface area contributed by atoms with Gasteiger partial charge in [-0.15, -0.1) is 0 Å². The van der Waals surface area contributed by atoms with Gasteiger partial charge in [0, 0.05) is 37.3 Å². The average Bonchev–Trinajstić information content (AvgIpc) is 2.52. The normalized spacial score (nSPS) is 16.4. The minimum absolute atomic E-state index is 0.0575. The molecular formula is C21H33N3O2. The van der Waals surface area contributed by atoms with Gasteiger partial charge in [0.1, 0.15) is 0 Å². The lowest BCUT2D eigenvalue weighted by Gasteiger charge is -2.36. The molecule has 5 heteroatoms. The number of rotatable bonds is 5. The summed E-state index contributed by atoms with van der Waals surface area (Å²) in [7, 11) is 0. The minimum atomic E-state index is -0.222. The van der Waals surface area contributed by atoms with Gasteiger partial charge in [-0.2, -0.15) is 0 Å². The minimum Gasteiger partial charge on any atom is -0.350 e. The van der Waals surface area contributed by atoms with Crippen LogP contribution in [0.1, 0.15) is 51.4 Å². The Morgan fingerprint density at radius 2 is 1.54 bits per heavy atom. The summed E-state index contributed by atoms with van der Waals surface area (Å²) < 4.78 is 0. The van der Waals surface area contributed by atoms with Crippen molar-refractivity contribution in [2.24, 2.45) is 5.41 Å². The van der Waals surface area contributed by atoms with Gasteiger partial charge in [-0.1, -0.05) is 39.0 Å². The zero-order chi connectivity index (χ0) is 19.4. The van der Waals surface area contributed by atoms with Crippen molar-refractivity contribution in [2.75, 3.05) is 32.7 Å². The molecule has 1 fully saturated rings. The van der Waals surface area contributed by atoms with Crippen molar-refractivity contribution in [1.82, 2.24) is 15.1 Å². The molecule has 1 aromatic rings. The monoisotopic (exact) mass is 359 g/mol. The van der Waals surface area contributed by atoms with E-state index in [9.17, 15) is 9.59 Å². The van der Waals surface area contributed by atoms with Gasteiger partial charge >= 0.3 is 0 Å². The molecule has 1 saturated heterocycles. The van der Waals surface area contributed by atoms with E-state index in [2.05, 4.69) is 44.8 Å². The first-order valence-electron chi connectivity index (χ1n) is 9.43. The molecule has 0 spiro atoms. The second kappa shape index (κ2) is 8.21. The van der Waals surface area contributed by atoms with E-state index in [1.807, 2.05) is 35.2 Å². The summed E-state index contributed by atoms with van der Waals surface area (Å²) in [6.07, 6.45) is 0.922. The highest BCUT2D eigenvalue weighted by atomic mass is 16.2. The van der Waals surface area contributed by atoms with Gasteiger partial charge in [0.05, 0.1) is 6.54 Å². The van der Waals surface area contributed by atoms with Crippen LogP contribution in [0.2, 0.25) is 0 Å². The number of piperazine rings is 1.